The van der Waals surface area contributed by atoms with E-state index >= 15 is 0 Å². The van der Waals surface area contributed by atoms with Crippen molar-refractivity contribution < 1.29 is 9.59 Å². The fraction of sp³-hybridized carbons (Fsp3) is 0.304. The van der Waals surface area contributed by atoms with Crippen molar-refractivity contribution in [1.82, 2.24) is 5.01 Å². The zero-order chi connectivity index (χ0) is 18.8. The van der Waals surface area contributed by atoms with E-state index in [1.54, 1.807) is 5.01 Å². The molecule has 1 fully saturated rings. The molecule has 138 valence electrons. The van der Waals surface area contributed by atoms with Gasteiger partial charge in [0.2, 0.25) is 0 Å². The molecule has 2 heterocycles. The van der Waals surface area contributed by atoms with Crippen LogP contribution in [0.15, 0.2) is 60.8 Å². The molecule has 0 aliphatic carbocycles. The van der Waals surface area contributed by atoms with Gasteiger partial charge >= 0.3 is 0 Å². The van der Waals surface area contributed by atoms with Crippen molar-refractivity contribution in [2.45, 2.75) is 39.0 Å². The molecule has 0 saturated carbocycles. The molecule has 0 radical (unpaired) electrons. The highest BCUT2D eigenvalue weighted by Gasteiger charge is 2.47. The number of hydrogen-bond donors (Lipinski definition) is 0. The Morgan fingerprint density at radius 2 is 1.59 bits per heavy atom. The Morgan fingerprint density at radius 3 is 2.37 bits per heavy atom. The van der Waals surface area contributed by atoms with Crippen molar-refractivity contribution in [3.63, 3.8) is 0 Å². The number of para-hydroxylation sites is 1. The Bertz CT molecular complexity index is 888. The third-order valence-electron chi connectivity index (χ3n) is 5.35. The molecule has 0 spiro atoms. The molecule has 1 atom stereocenters. The third-order valence-corrected chi connectivity index (χ3v) is 5.35. The van der Waals surface area contributed by atoms with Crippen LogP contribution in [0.1, 0.15) is 50.2 Å². The number of amides is 2. The molecule has 27 heavy (non-hydrogen) atoms. The molecular formula is C23H24N2O2. The number of rotatable bonds is 6. The summed E-state index contributed by atoms with van der Waals surface area (Å²) < 4.78 is 0. The number of fused-ring (bicyclic) bond motifs is 3. The minimum absolute atomic E-state index is 0.104. The summed E-state index contributed by atoms with van der Waals surface area (Å²) in [4.78, 5) is 26.1. The van der Waals surface area contributed by atoms with E-state index in [2.05, 4.69) is 6.92 Å². The highest BCUT2D eigenvalue weighted by Crippen LogP contribution is 2.41. The first-order valence-corrected chi connectivity index (χ1v) is 9.76. The predicted molar refractivity (Wildman–Crippen MR) is 107 cm³/mol. The normalized spacial score (nSPS) is 18.4. The maximum absolute atomic E-state index is 13.1. The first-order valence-electron chi connectivity index (χ1n) is 9.76. The fourth-order valence-corrected chi connectivity index (χ4v) is 3.92. The number of carbonyl (C=O) groups excluding carboxylic acids is 2. The Kier molecular flexibility index (Phi) is 4.80. The quantitative estimate of drug-likeness (QED) is 0.550. The van der Waals surface area contributed by atoms with Crippen molar-refractivity contribution in [2.24, 2.45) is 5.92 Å². The minimum Gasteiger partial charge on any atom is -0.272 e. The van der Waals surface area contributed by atoms with Crippen molar-refractivity contribution in [1.29, 1.82) is 0 Å². The highest BCUT2D eigenvalue weighted by molar-refractivity contribution is 6.17. The molecule has 4 heteroatoms. The zero-order valence-corrected chi connectivity index (χ0v) is 15.6. The van der Waals surface area contributed by atoms with Gasteiger partial charge < -0.3 is 0 Å². The van der Waals surface area contributed by atoms with E-state index in [0.717, 1.165) is 48.1 Å². The molecule has 2 aliphatic rings. The largest absolute Gasteiger partial charge is 0.272 e. The molecule has 2 aromatic carbocycles. The third kappa shape index (κ3) is 3.05. The fourth-order valence-electron chi connectivity index (χ4n) is 3.92. The van der Waals surface area contributed by atoms with Gasteiger partial charge in [-0.1, -0.05) is 81.1 Å². The average molecular weight is 360 g/mol. The van der Waals surface area contributed by atoms with E-state index in [1.807, 2.05) is 60.8 Å². The Hall–Kier alpha value is -2.88. The maximum Gasteiger partial charge on any atom is 0.258 e. The van der Waals surface area contributed by atoms with Gasteiger partial charge in [0, 0.05) is 17.3 Å². The van der Waals surface area contributed by atoms with Crippen LogP contribution in [0.25, 0.3) is 5.57 Å². The predicted octanol–water partition coefficient (Wildman–Crippen LogP) is 4.77. The molecule has 0 aromatic heterocycles. The van der Waals surface area contributed by atoms with Crippen LogP contribution in [0.4, 0.5) is 5.69 Å². The van der Waals surface area contributed by atoms with Crippen LogP contribution in [-0.4, -0.2) is 16.8 Å². The number of benzene rings is 2. The summed E-state index contributed by atoms with van der Waals surface area (Å²) in [5, 5.41) is 3.09. The summed E-state index contributed by atoms with van der Waals surface area (Å²) in [7, 11) is 0. The smallest absolute Gasteiger partial charge is 0.258 e. The summed E-state index contributed by atoms with van der Waals surface area (Å²) in [5.74, 6) is -0.784. The molecule has 2 aliphatic heterocycles. The van der Waals surface area contributed by atoms with Crippen molar-refractivity contribution >= 4 is 23.1 Å². The van der Waals surface area contributed by atoms with Crippen LogP contribution in [0.2, 0.25) is 0 Å². The zero-order valence-electron chi connectivity index (χ0n) is 15.6. The molecule has 0 N–H and O–H groups in total. The standard InChI is InChI=1S/C23H24N2O2/c1-2-3-4-8-14-19-22(26)24-16-20(17-11-6-5-7-12-17)18-13-9-10-15-21(18)25(24)23(19)27/h5-7,9-13,15-16,19H,2-4,8,14H2,1H3. The second-order valence-electron chi connectivity index (χ2n) is 7.16. The van der Waals surface area contributed by atoms with Crippen LogP contribution in [0.3, 0.4) is 0 Å². The maximum atomic E-state index is 13.1. The lowest BCUT2D eigenvalue weighted by atomic mass is 9.96. The summed E-state index contributed by atoms with van der Waals surface area (Å²) in [6.45, 7) is 2.16. The lowest BCUT2D eigenvalue weighted by Gasteiger charge is -2.32. The van der Waals surface area contributed by atoms with Gasteiger partial charge in [0.25, 0.3) is 11.8 Å². The van der Waals surface area contributed by atoms with Crippen LogP contribution in [0, 0.1) is 5.92 Å². The van der Waals surface area contributed by atoms with E-state index in [9.17, 15) is 9.59 Å². The van der Waals surface area contributed by atoms with E-state index in [4.69, 9.17) is 0 Å². The van der Waals surface area contributed by atoms with E-state index in [-0.39, 0.29) is 11.8 Å². The van der Waals surface area contributed by atoms with Gasteiger partial charge in [0.1, 0.15) is 5.92 Å². The molecule has 2 amide bonds. The Labute approximate surface area is 160 Å². The van der Waals surface area contributed by atoms with Crippen molar-refractivity contribution in [2.75, 3.05) is 5.01 Å². The number of nitrogens with zero attached hydrogens (tertiary/aromatic N) is 2. The summed E-state index contributed by atoms with van der Waals surface area (Å²) in [6, 6.07) is 17.8. The van der Waals surface area contributed by atoms with Crippen LogP contribution >= 0.6 is 0 Å². The van der Waals surface area contributed by atoms with E-state index < -0.39 is 5.92 Å². The second kappa shape index (κ2) is 7.39. The molecule has 4 nitrogen and oxygen atoms in total. The Balaban J connectivity index is 1.70. The number of hydrogen-bond acceptors (Lipinski definition) is 2. The van der Waals surface area contributed by atoms with E-state index in [0.29, 0.717) is 6.42 Å². The van der Waals surface area contributed by atoms with Gasteiger partial charge in [-0.05, 0) is 18.1 Å². The first kappa shape index (κ1) is 17.5. The monoisotopic (exact) mass is 360 g/mol. The topological polar surface area (TPSA) is 40.6 Å². The number of carbonyl (C=O) groups is 2. The highest BCUT2D eigenvalue weighted by atomic mass is 16.2. The lowest BCUT2D eigenvalue weighted by molar-refractivity contribution is -0.131. The van der Waals surface area contributed by atoms with Crippen molar-refractivity contribution in [3.8, 4) is 0 Å². The van der Waals surface area contributed by atoms with Crippen LogP contribution in [0.5, 0.6) is 0 Å². The number of hydrazine groups is 1. The van der Waals surface area contributed by atoms with Gasteiger partial charge in [-0.25, -0.2) is 10.0 Å². The summed E-state index contributed by atoms with van der Waals surface area (Å²) in [5.41, 5.74) is 3.77. The van der Waals surface area contributed by atoms with Gasteiger partial charge in [-0.15, -0.1) is 0 Å². The molecule has 2 aromatic rings. The summed E-state index contributed by atoms with van der Waals surface area (Å²) >= 11 is 0. The molecule has 1 unspecified atom stereocenters. The summed E-state index contributed by atoms with van der Waals surface area (Å²) in [6.07, 6.45) is 6.71. The van der Waals surface area contributed by atoms with Crippen molar-refractivity contribution in [3.05, 3.63) is 71.9 Å². The van der Waals surface area contributed by atoms with Gasteiger partial charge in [0.15, 0.2) is 0 Å². The van der Waals surface area contributed by atoms with E-state index in [1.165, 1.54) is 5.01 Å². The second-order valence-corrected chi connectivity index (χ2v) is 7.16. The minimum atomic E-state index is -0.568. The molecule has 4 rings (SSSR count). The van der Waals surface area contributed by atoms with Gasteiger partial charge in [-0.3, -0.25) is 9.59 Å². The molecule has 0 bridgehead atoms. The average Bonchev–Trinajstić information content (AvgIpc) is 2.95. The number of anilines is 1. The SMILES string of the molecule is CCCCCCC1C(=O)N2C=C(c3ccccc3)c3ccccc3N2C1=O. The Morgan fingerprint density at radius 1 is 0.852 bits per heavy atom. The lowest BCUT2D eigenvalue weighted by Crippen LogP contribution is -2.40. The van der Waals surface area contributed by atoms with Gasteiger partial charge in [-0.2, -0.15) is 0 Å². The van der Waals surface area contributed by atoms with Crippen LogP contribution < -0.4 is 5.01 Å². The molecular weight excluding hydrogens is 336 g/mol. The first-order chi connectivity index (χ1) is 13.2. The number of unbranched alkanes of at least 4 members (excludes halogenated alkanes) is 3. The van der Waals surface area contributed by atoms with Gasteiger partial charge in [0.05, 0.1) is 5.69 Å². The van der Waals surface area contributed by atoms with Crippen LogP contribution in [-0.2, 0) is 9.59 Å². The molecule has 1 saturated heterocycles.